The molecule has 2 aromatic rings. The van der Waals surface area contributed by atoms with Crippen LogP contribution in [-0.2, 0) is 11.3 Å². The number of nitriles is 1. The number of Topliss-reactive ketones (excluding diaryl/α,β-unsaturated/α-hetero) is 1. The molecule has 0 spiro atoms. The molecule has 130 valence electrons. The number of aromatic nitrogens is 2. The number of hydrogen-bond acceptors (Lipinski definition) is 6. The Morgan fingerprint density at radius 3 is 3.04 bits per heavy atom. The van der Waals surface area contributed by atoms with Crippen LogP contribution in [0.3, 0.4) is 0 Å². The predicted molar refractivity (Wildman–Crippen MR) is 92.1 cm³/mol. The van der Waals surface area contributed by atoms with E-state index in [2.05, 4.69) is 10.3 Å². The number of fused-ring (bicyclic) bond motifs is 1. The summed E-state index contributed by atoms with van der Waals surface area (Å²) in [6, 6.07) is 4.95. The Hall–Kier alpha value is -2.56. The summed E-state index contributed by atoms with van der Waals surface area (Å²) in [5, 5.41) is 22.5. The second-order valence-electron chi connectivity index (χ2n) is 6.49. The number of nitrogens with one attached hydrogen (secondary N) is 1. The topological polar surface area (TPSA) is 108 Å². The number of ketones is 1. The molecule has 0 saturated carbocycles. The minimum atomic E-state index is -0.537. The summed E-state index contributed by atoms with van der Waals surface area (Å²) >= 11 is 0. The van der Waals surface area contributed by atoms with Gasteiger partial charge < -0.3 is 10.4 Å². The molecule has 0 aliphatic carbocycles. The molecule has 2 atom stereocenters. The third-order valence-electron chi connectivity index (χ3n) is 4.59. The highest BCUT2D eigenvalue weighted by molar-refractivity contribution is 5.83. The molecule has 1 fully saturated rings. The third-order valence-corrected chi connectivity index (χ3v) is 4.59. The summed E-state index contributed by atoms with van der Waals surface area (Å²) in [7, 11) is 0. The molecule has 0 radical (unpaired) electrons. The second kappa shape index (κ2) is 7.13. The lowest BCUT2D eigenvalue weighted by molar-refractivity contribution is -0.121. The van der Waals surface area contributed by atoms with Gasteiger partial charge in [0.15, 0.2) is 5.78 Å². The fraction of sp³-hybridized carbons (Fsp3) is 0.444. The fourth-order valence-corrected chi connectivity index (χ4v) is 3.27. The van der Waals surface area contributed by atoms with Gasteiger partial charge in [0.05, 0.1) is 41.5 Å². The number of carbonyl (C=O) groups is 1. The van der Waals surface area contributed by atoms with E-state index in [9.17, 15) is 14.7 Å². The Labute approximate surface area is 144 Å². The van der Waals surface area contributed by atoms with Crippen LogP contribution in [0, 0.1) is 18.3 Å². The van der Waals surface area contributed by atoms with Crippen molar-refractivity contribution in [3.8, 4) is 6.07 Å². The van der Waals surface area contributed by atoms with E-state index in [4.69, 9.17) is 5.26 Å². The maximum Gasteiger partial charge on any atom is 0.261 e. The molecule has 1 aliphatic rings. The minimum absolute atomic E-state index is 0.0947. The lowest BCUT2D eigenvalue weighted by atomic mass is 9.97. The highest BCUT2D eigenvalue weighted by atomic mass is 16.3. The van der Waals surface area contributed by atoms with Gasteiger partial charge in [-0.15, -0.1) is 0 Å². The van der Waals surface area contributed by atoms with Crippen LogP contribution in [-0.4, -0.2) is 39.1 Å². The van der Waals surface area contributed by atoms with Gasteiger partial charge in [0.1, 0.15) is 0 Å². The number of aliphatic hydroxyl groups is 1. The van der Waals surface area contributed by atoms with Gasteiger partial charge >= 0.3 is 0 Å². The summed E-state index contributed by atoms with van der Waals surface area (Å²) in [4.78, 5) is 29.2. The van der Waals surface area contributed by atoms with E-state index in [0.29, 0.717) is 22.9 Å². The highest BCUT2D eigenvalue weighted by Gasteiger charge is 2.25. The summed E-state index contributed by atoms with van der Waals surface area (Å²) in [5.41, 5.74) is 1.34. The monoisotopic (exact) mass is 340 g/mol. The van der Waals surface area contributed by atoms with Crippen molar-refractivity contribution in [1.29, 1.82) is 5.26 Å². The second-order valence-corrected chi connectivity index (χ2v) is 6.49. The van der Waals surface area contributed by atoms with Gasteiger partial charge in [0, 0.05) is 12.5 Å². The van der Waals surface area contributed by atoms with Crippen molar-refractivity contribution in [3.63, 3.8) is 0 Å². The number of aliphatic hydroxyl groups excluding tert-OH is 1. The van der Waals surface area contributed by atoms with Crippen molar-refractivity contribution < 1.29 is 9.90 Å². The van der Waals surface area contributed by atoms with Gasteiger partial charge in [-0.2, -0.15) is 5.26 Å². The van der Waals surface area contributed by atoms with Crippen LogP contribution >= 0.6 is 0 Å². The van der Waals surface area contributed by atoms with E-state index < -0.39 is 6.10 Å². The van der Waals surface area contributed by atoms with Crippen LogP contribution in [0.2, 0.25) is 0 Å². The first-order valence-electron chi connectivity index (χ1n) is 8.32. The van der Waals surface area contributed by atoms with Crippen molar-refractivity contribution in [2.75, 3.05) is 6.54 Å². The summed E-state index contributed by atoms with van der Waals surface area (Å²) in [6.45, 7) is 2.48. The number of piperidine rings is 1. The van der Waals surface area contributed by atoms with Crippen LogP contribution < -0.4 is 10.9 Å². The number of benzene rings is 1. The van der Waals surface area contributed by atoms with Crippen LogP contribution in [0.25, 0.3) is 10.9 Å². The Morgan fingerprint density at radius 2 is 2.32 bits per heavy atom. The average Bonchev–Trinajstić information content (AvgIpc) is 2.59. The lowest BCUT2D eigenvalue weighted by Crippen LogP contribution is -2.46. The third kappa shape index (κ3) is 3.60. The lowest BCUT2D eigenvalue weighted by Gasteiger charge is -2.28. The maximum absolute atomic E-state index is 12.6. The standard InChI is InChI=1S/C18H20N4O3/c1-11-5-12(8-19)6-14-17(11)21-10-22(18(14)25)9-13(23)7-15-16(24)3-2-4-20-15/h5-6,10,15-16,20,24H,2-4,7,9H2,1H3/t15-,16+/m1/s1. The summed E-state index contributed by atoms with van der Waals surface area (Å²) in [6.07, 6.45) is 2.57. The Kier molecular flexibility index (Phi) is 4.93. The molecular weight excluding hydrogens is 320 g/mol. The van der Waals surface area contributed by atoms with Crippen molar-refractivity contribution >= 4 is 16.7 Å². The molecule has 0 unspecified atom stereocenters. The van der Waals surface area contributed by atoms with Gasteiger partial charge in [-0.3, -0.25) is 14.2 Å². The van der Waals surface area contributed by atoms with Crippen LogP contribution in [0.1, 0.15) is 30.4 Å². The molecule has 0 amide bonds. The molecule has 1 aromatic carbocycles. The number of nitrogens with zero attached hydrogens (tertiary/aromatic N) is 3. The van der Waals surface area contributed by atoms with Crippen molar-refractivity contribution in [2.45, 2.75) is 44.9 Å². The molecule has 0 bridgehead atoms. The zero-order valence-electron chi connectivity index (χ0n) is 14.0. The number of rotatable bonds is 4. The van der Waals surface area contributed by atoms with E-state index in [-0.39, 0.29) is 30.3 Å². The quantitative estimate of drug-likeness (QED) is 0.846. The first kappa shape index (κ1) is 17.3. The first-order chi connectivity index (χ1) is 12.0. The maximum atomic E-state index is 12.6. The van der Waals surface area contributed by atoms with Crippen LogP contribution in [0.15, 0.2) is 23.3 Å². The van der Waals surface area contributed by atoms with Crippen LogP contribution in [0.5, 0.6) is 0 Å². The molecule has 3 rings (SSSR count). The van der Waals surface area contributed by atoms with Gasteiger partial charge in [0.2, 0.25) is 0 Å². The van der Waals surface area contributed by atoms with E-state index in [1.807, 2.05) is 6.07 Å². The number of carbonyl (C=O) groups excluding carboxylic acids is 1. The van der Waals surface area contributed by atoms with Gasteiger partial charge in [0.25, 0.3) is 5.56 Å². The molecule has 25 heavy (non-hydrogen) atoms. The molecule has 2 heterocycles. The van der Waals surface area contributed by atoms with Crippen molar-refractivity contribution in [1.82, 2.24) is 14.9 Å². The van der Waals surface area contributed by atoms with E-state index in [1.54, 1.807) is 13.0 Å². The molecule has 2 N–H and O–H groups in total. The number of aryl methyl sites for hydroxylation is 1. The van der Waals surface area contributed by atoms with Crippen molar-refractivity contribution in [3.05, 3.63) is 39.9 Å². The number of hydrogen-bond donors (Lipinski definition) is 2. The zero-order valence-corrected chi connectivity index (χ0v) is 14.0. The average molecular weight is 340 g/mol. The van der Waals surface area contributed by atoms with Gasteiger partial charge in [-0.05, 0) is 44.0 Å². The van der Waals surface area contributed by atoms with Gasteiger partial charge in [-0.1, -0.05) is 0 Å². The highest BCUT2D eigenvalue weighted by Crippen LogP contribution is 2.15. The SMILES string of the molecule is Cc1cc(C#N)cc2c(=O)n(CC(=O)C[C@H]3NCCC[C@@H]3O)cnc12. The van der Waals surface area contributed by atoms with E-state index >= 15 is 0 Å². The molecular formula is C18H20N4O3. The molecule has 7 heteroatoms. The van der Waals surface area contributed by atoms with E-state index in [1.165, 1.54) is 17.0 Å². The Morgan fingerprint density at radius 1 is 1.52 bits per heavy atom. The molecule has 7 nitrogen and oxygen atoms in total. The Balaban J connectivity index is 1.84. The van der Waals surface area contributed by atoms with Crippen molar-refractivity contribution in [2.24, 2.45) is 0 Å². The summed E-state index contributed by atoms with van der Waals surface area (Å²) < 4.78 is 1.26. The molecule has 1 aliphatic heterocycles. The largest absolute Gasteiger partial charge is 0.391 e. The Bertz CT molecular complexity index is 913. The normalized spacial score (nSPS) is 20.4. The van der Waals surface area contributed by atoms with E-state index in [0.717, 1.165) is 18.5 Å². The van der Waals surface area contributed by atoms with Gasteiger partial charge in [-0.25, -0.2) is 4.98 Å². The van der Waals surface area contributed by atoms with Crippen LogP contribution in [0.4, 0.5) is 0 Å². The predicted octanol–water partition coefficient (Wildman–Crippen LogP) is 0.649. The first-order valence-corrected chi connectivity index (χ1v) is 8.32. The fourth-order valence-electron chi connectivity index (χ4n) is 3.27. The zero-order chi connectivity index (χ0) is 18.0. The smallest absolute Gasteiger partial charge is 0.261 e. The molecule has 1 aromatic heterocycles. The summed E-state index contributed by atoms with van der Waals surface area (Å²) in [5.74, 6) is -0.144. The molecule has 1 saturated heterocycles. The minimum Gasteiger partial charge on any atom is -0.391 e.